The molecule has 2 atom stereocenters. The lowest BCUT2D eigenvalue weighted by Gasteiger charge is -2.22. The number of benzene rings is 2. The third-order valence-corrected chi connectivity index (χ3v) is 4.22. The Morgan fingerprint density at radius 2 is 1.68 bits per heavy atom. The summed E-state index contributed by atoms with van der Waals surface area (Å²) in [5.74, 6) is -2.83. The van der Waals surface area contributed by atoms with Crippen molar-refractivity contribution in [2.45, 2.75) is 18.6 Å². The summed E-state index contributed by atoms with van der Waals surface area (Å²) in [7, 11) is 0. The molecule has 2 N–H and O–H groups in total. The standard InChI is InChI=1S/C18H15F3N2O2/c19-12-4-1-10(2-5-12)11-3-6-14(15(21)7-11)18(25)23-9-13(20)8-16(23)17(22)24/h1-7,13,16H,8-9H2,(H2,22,24)/t13-,16+/m1/s1. The topological polar surface area (TPSA) is 63.4 Å². The van der Waals surface area contributed by atoms with E-state index >= 15 is 0 Å². The smallest absolute Gasteiger partial charge is 0.257 e. The predicted molar refractivity (Wildman–Crippen MR) is 85.3 cm³/mol. The number of carbonyl (C=O) groups excluding carboxylic acids is 2. The van der Waals surface area contributed by atoms with Crippen molar-refractivity contribution >= 4 is 11.8 Å². The third kappa shape index (κ3) is 3.35. The monoisotopic (exact) mass is 348 g/mol. The number of alkyl halides is 1. The average molecular weight is 348 g/mol. The lowest BCUT2D eigenvalue weighted by molar-refractivity contribution is -0.121. The van der Waals surface area contributed by atoms with E-state index in [1.54, 1.807) is 0 Å². The van der Waals surface area contributed by atoms with Gasteiger partial charge < -0.3 is 10.6 Å². The van der Waals surface area contributed by atoms with Crippen molar-refractivity contribution in [2.24, 2.45) is 5.73 Å². The Kier molecular flexibility index (Phi) is 4.48. The Morgan fingerprint density at radius 3 is 2.28 bits per heavy atom. The molecule has 4 nitrogen and oxygen atoms in total. The molecular formula is C18H15F3N2O2. The number of likely N-dealkylation sites (tertiary alicyclic amines) is 1. The van der Waals surface area contributed by atoms with Crippen LogP contribution in [0.5, 0.6) is 0 Å². The number of amides is 2. The van der Waals surface area contributed by atoms with Gasteiger partial charge in [0.2, 0.25) is 5.91 Å². The van der Waals surface area contributed by atoms with Crippen LogP contribution in [0.3, 0.4) is 0 Å². The van der Waals surface area contributed by atoms with E-state index in [2.05, 4.69) is 0 Å². The summed E-state index contributed by atoms with van der Waals surface area (Å²) in [6.45, 7) is -0.300. The molecule has 0 spiro atoms. The minimum absolute atomic E-state index is 0.184. The van der Waals surface area contributed by atoms with Crippen molar-refractivity contribution in [1.29, 1.82) is 0 Å². The van der Waals surface area contributed by atoms with Crippen molar-refractivity contribution in [2.75, 3.05) is 6.54 Å². The van der Waals surface area contributed by atoms with Gasteiger partial charge in [0.05, 0.1) is 12.1 Å². The first kappa shape index (κ1) is 17.0. The molecule has 3 rings (SSSR count). The summed E-state index contributed by atoms with van der Waals surface area (Å²) in [4.78, 5) is 24.8. The van der Waals surface area contributed by atoms with Crippen LogP contribution in [0, 0.1) is 11.6 Å². The molecule has 2 aromatic carbocycles. The fourth-order valence-corrected chi connectivity index (χ4v) is 2.94. The van der Waals surface area contributed by atoms with Crippen molar-refractivity contribution in [1.82, 2.24) is 4.90 Å². The van der Waals surface area contributed by atoms with Gasteiger partial charge in [-0.15, -0.1) is 0 Å². The van der Waals surface area contributed by atoms with Gasteiger partial charge >= 0.3 is 0 Å². The van der Waals surface area contributed by atoms with E-state index in [9.17, 15) is 22.8 Å². The van der Waals surface area contributed by atoms with Gasteiger partial charge in [0.1, 0.15) is 23.8 Å². The van der Waals surface area contributed by atoms with Gasteiger partial charge in [0, 0.05) is 6.42 Å². The number of nitrogens with zero attached hydrogens (tertiary/aromatic N) is 1. The highest BCUT2D eigenvalue weighted by Crippen LogP contribution is 2.26. The number of primary amides is 1. The molecule has 2 aromatic rings. The molecule has 25 heavy (non-hydrogen) atoms. The lowest BCUT2D eigenvalue weighted by Crippen LogP contribution is -2.44. The first-order valence-electron chi connectivity index (χ1n) is 7.66. The predicted octanol–water partition coefficient (Wildman–Crippen LogP) is 2.67. The second kappa shape index (κ2) is 6.58. The van der Waals surface area contributed by atoms with E-state index in [0.717, 1.165) is 11.0 Å². The van der Waals surface area contributed by atoms with E-state index < -0.39 is 35.7 Å². The maximum atomic E-state index is 14.4. The second-order valence-electron chi connectivity index (χ2n) is 5.91. The molecule has 2 amide bonds. The molecule has 0 bridgehead atoms. The third-order valence-electron chi connectivity index (χ3n) is 4.22. The van der Waals surface area contributed by atoms with E-state index in [1.165, 1.54) is 36.4 Å². The maximum Gasteiger partial charge on any atom is 0.257 e. The first-order chi connectivity index (χ1) is 11.9. The molecule has 0 saturated carbocycles. The minimum Gasteiger partial charge on any atom is -0.368 e. The van der Waals surface area contributed by atoms with Crippen molar-refractivity contribution in [3.63, 3.8) is 0 Å². The van der Waals surface area contributed by atoms with Crippen molar-refractivity contribution < 1.29 is 22.8 Å². The van der Waals surface area contributed by atoms with Crippen LogP contribution in [0.1, 0.15) is 16.8 Å². The van der Waals surface area contributed by atoms with Gasteiger partial charge in [-0.3, -0.25) is 9.59 Å². The number of halogens is 3. The molecular weight excluding hydrogens is 333 g/mol. The highest BCUT2D eigenvalue weighted by Gasteiger charge is 2.39. The van der Waals surface area contributed by atoms with E-state index in [1.807, 2.05) is 0 Å². The van der Waals surface area contributed by atoms with Crippen LogP contribution in [0.25, 0.3) is 11.1 Å². The Balaban J connectivity index is 1.89. The molecule has 1 aliphatic rings. The summed E-state index contributed by atoms with van der Waals surface area (Å²) in [5, 5.41) is 0. The van der Waals surface area contributed by atoms with Crippen LogP contribution in [0.15, 0.2) is 42.5 Å². The van der Waals surface area contributed by atoms with E-state index in [-0.39, 0.29) is 18.5 Å². The molecule has 1 fully saturated rings. The van der Waals surface area contributed by atoms with Crippen LogP contribution >= 0.6 is 0 Å². The van der Waals surface area contributed by atoms with Gasteiger partial charge in [-0.05, 0) is 35.4 Å². The summed E-state index contributed by atoms with van der Waals surface area (Å²) in [6, 6.07) is 8.30. The lowest BCUT2D eigenvalue weighted by atomic mass is 10.0. The number of carbonyl (C=O) groups is 2. The van der Waals surface area contributed by atoms with Gasteiger partial charge in [0.25, 0.3) is 5.91 Å². The van der Waals surface area contributed by atoms with Crippen LogP contribution in [0.4, 0.5) is 13.2 Å². The van der Waals surface area contributed by atoms with Crippen LogP contribution < -0.4 is 5.73 Å². The second-order valence-corrected chi connectivity index (χ2v) is 5.91. The molecule has 0 unspecified atom stereocenters. The number of nitrogens with two attached hydrogens (primary N) is 1. The van der Waals surface area contributed by atoms with E-state index in [4.69, 9.17) is 5.73 Å². The maximum absolute atomic E-state index is 14.4. The molecule has 130 valence electrons. The molecule has 1 saturated heterocycles. The number of hydrogen-bond acceptors (Lipinski definition) is 2. The Bertz CT molecular complexity index is 824. The highest BCUT2D eigenvalue weighted by atomic mass is 19.1. The summed E-state index contributed by atoms with van der Waals surface area (Å²) in [5.41, 5.74) is 5.97. The van der Waals surface area contributed by atoms with Crippen LogP contribution in [-0.2, 0) is 4.79 Å². The molecule has 0 radical (unpaired) electrons. The Hall–Kier alpha value is -2.83. The largest absolute Gasteiger partial charge is 0.368 e. The SMILES string of the molecule is NC(=O)[C@@H]1C[C@@H](F)CN1C(=O)c1ccc(-c2ccc(F)cc2)cc1F. The normalized spacial score (nSPS) is 19.9. The summed E-state index contributed by atoms with van der Waals surface area (Å²) in [6.07, 6.45) is -1.56. The Morgan fingerprint density at radius 1 is 1.04 bits per heavy atom. The fraction of sp³-hybridized carbons (Fsp3) is 0.222. The quantitative estimate of drug-likeness (QED) is 0.927. The average Bonchev–Trinajstić information content (AvgIpc) is 2.97. The van der Waals surface area contributed by atoms with Gasteiger partial charge in [-0.25, -0.2) is 13.2 Å². The number of rotatable bonds is 3. The minimum atomic E-state index is -1.37. The zero-order valence-electron chi connectivity index (χ0n) is 13.1. The van der Waals surface area contributed by atoms with Gasteiger partial charge in [-0.2, -0.15) is 0 Å². The van der Waals surface area contributed by atoms with E-state index in [0.29, 0.717) is 11.1 Å². The van der Waals surface area contributed by atoms with Crippen LogP contribution in [-0.4, -0.2) is 35.5 Å². The summed E-state index contributed by atoms with van der Waals surface area (Å²) >= 11 is 0. The summed E-state index contributed by atoms with van der Waals surface area (Å²) < 4.78 is 40.9. The zero-order chi connectivity index (χ0) is 18.1. The van der Waals surface area contributed by atoms with Crippen molar-refractivity contribution in [3.05, 3.63) is 59.7 Å². The van der Waals surface area contributed by atoms with Crippen molar-refractivity contribution in [3.8, 4) is 11.1 Å². The van der Waals surface area contributed by atoms with Crippen LogP contribution in [0.2, 0.25) is 0 Å². The molecule has 1 heterocycles. The fourth-order valence-electron chi connectivity index (χ4n) is 2.94. The van der Waals surface area contributed by atoms with Gasteiger partial charge in [-0.1, -0.05) is 18.2 Å². The first-order valence-corrected chi connectivity index (χ1v) is 7.66. The molecule has 7 heteroatoms. The Labute approximate surface area is 142 Å². The van der Waals surface area contributed by atoms with Gasteiger partial charge in [0.15, 0.2) is 0 Å². The zero-order valence-corrected chi connectivity index (χ0v) is 13.1. The molecule has 0 aromatic heterocycles. The highest BCUT2D eigenvalue weighted by molar-refractivity contribution is 5.98. The molecule has 0 aliphatic carbocycles. The number of hydrogen-bond donors (Lipinski definition) is 1. The molecule has 1 aliphatic heterocycles.